The summed E-state index contributed by atoms with van der Waals surface area (Å²) in [6.07, 6.45) is 2.32. The summed E-state index contributed by atoms with van der Waals surface area (Å²) in [5.41, 5.74) is 2.53. The lowest BCUT2D eigenvalue weighted by Gasteiger charge is -2.26. The van der Waals surface area contributed by atoms with Crippen LogP contribution in [0.25, 0.3) is 0 Å². The van der Waals surface area contributed by atoms with Crippen LogP contribution in [-0.4, -0.2) is 59.4 Å². The van der Waals surface area contributed by atoms with Crippen LogP contribution in [-0.2, 0) is 16.1 Å². The number of likely N-dealkylation sites (N-methyl/N-ethyl adjacent to an activating group) is 1. The van der Waals surface area contributed by atoms with Crippen LogP contribution in [0.2, 0.25) is 0 Å². The molecule has 0 saturated heterocycles. The Kier molecular flexibility index (Phi) is 7.01. The first-order valence-electron chi connectivity index (χ1n) is 11.0. The van der Waals surface area contributed by atoms with Crippen molar-refractivity contribution in [1.29, 1.82) is 0 Å². The number of hydrogen-bond acceptors (Lipinski definition) is 6. The molecule has 0 fully saturated rings. The summed E-state index contributed by atoms with van der Waals surface area (Å²) in [7, 11) is 1.72. The lowest BCUT2D eigenvalue weighted by molar-refractivity contribution is -0.131. The molecule has 2 amide bonds. The van der Waals surface area contributed by atoms with Gasteiger partial charge in [0, 0.05) is 13.2 Å². The highest BCUT2D eigenvalue weighted by molar-refractivity contribution is 5.94. The Bertz CT molecular complexity index is 1160. The van der Waals surface area contributed by atoms with E-state index in [1.165, 1.54) is 10.9 Å². The van der Waals surface area contributed by atoms with E-state index in [0.717, 1.165) is 16.9 Å². The zero-order valence-electron chi connectivity index (χ0n) is 19.5. The molecular weight excluding hydrogens is 436 g/mol. The van der Waals surface area contributed by atoms with Gasteiger partial charge in [0.2, 0.25) is 12.0 Å². The summed E-state index contributed by atoms with van der Waals surface area (Å²) in [6.45, 7) is 4.90. The maximum absolute atomic E-state index is 12.6. The van der Waals surface area contributed by atoms with Gasteiger partial charge in [-0.05, 0) is 37.6 Å². The molecule has 0 spiro atoms. The number of para-hydroxylation sites is 1. The number of rotatable bonds is 8. The number of ether oxygens (including phenoxy) is 3. The number of carbonyl (C=O) groups is 2. The second-order valence-electron chi connectivity index (χ2n) is 8.21. The van der Waals surface area contributed by atoms with E-state index in [4.69, 9.17) is 14.2 Å². The zero-order valence-corrected chi connectivity index (χ0v) is 19.5. The first kappa shape index (κ1) is 23.2. The molecule has 1 unspecified atom stereocenters. The number of fused-ring (bicyclic) bond motifs is 1. The Morgan fingerprint density at radius 2 is 2.00 bits per heavy atom. The van der Waals surface area contributed by atoms with Crippen molar-refractivity contribution < 1.29 is 23.8 Å². The van der Waals surface area contributed by atoms with Crippen LogP contribution < -0.4 is 19.5 Å². The van der Waals surface area contributed by atoms with E-state index in [0.29, 0.717) is 30.3 Å². The van der Waals surface area contributed by atoms with Gasteiger partial charge in [0.15, 0.2) is 11.5 Å². The van der Waals surface area contributed by atoms with E-state index in [9.17, 15) is 9.59 Å². The van der Waals surface area contributed by atoms with E-state index < -0.39 is 6.10 Å². The van der Waals surface area contributed by atoms with Crippen LogP contribution >= 0.6 is 0 Å². The minimum Gasteiger partial charge on any atom is -0.492 e. The van der Waals surface area contributed by atoms with Crippen molar-refractivity contribution in [3.05, 3.63) is 66.0 Å². The molecule has 3 aromatic rings. The molecule has 9 nitrogen and oxygen atoms in total. The maximum atomic E-state index is 12.6. The monoisotopic (exact) mass is 464 g/mol. The van der Waals surface area contributed by atoms with Crippen LogP contribution in [0.3, 0.4) is 0 Å². The van der Waals surface area contributed by atoms with E-state index in [1.807, 2.05) is 56.3 Å². The van der Waals surface area contributed by atoms with Crippen molar-refractivity contribution in [3.8, 4) is 17.2 Å². The Hall–Kier alpha value is -4.01. The third-order valence-corrected chi connectivity index (χ3v) is 5.46. The largest absolute Gasteiger partial charge is 0.492 e. The molecule has 1 N–H and O–H groups in total. The van der Waals surface area contributed by atoms with Crippen molar-refractivity contribution in [2.24, 2.45) is 0 Å². The quantitative estimate of drug-likeness (QED) is 0.551. The molecule has 0 saturated carbocycles. The first-order valence-corrected chi connectivity index (χ1v) is 11.0. The minimum absolute atomic E-state index is 0.0481. The fourth-order valence-electron chi connectivity index (χ4n) is 3.42. The second kappa shape index (κ2) is 10.3. The van der Waals surface area contributed by atoms with Gasteiger partial charge < -0.3 is 24.4 Å². The number of aryl methyl sites for hydroxylation is 2. The number of carbonyl (C=O) groups excluding carboxylic acids is 2. The van der Waals surface area contributed by atoms with E-state index in [2.05, 4.69) is 10.4 Å². The normalized spacial score (nSPS) is 14.4. The number of amides is 2. The van der Waals surface area contributed by atoms with Crippen LogP contribution in [0.15, 0.2) is 54.9 Å². The number of benzene rings is 2. The summed E-state index contributed by atoms with van der Waals surface area (Å²) in [6, 6.07) is 13.3. The lowest BCUT2D eigenvalue weighted by Crippen LogP contribution is -2.40. The molecule has 2 aromatic carbocycles. The van der Waals surface area contributed by atoms with Crippen LogP contribution in [0.4, 0.5) is 5.69 Å². The van der Waals surface area contributed by atoms with Gasteiger partial charge in [-0.25, -0.2) is 0 Å². The average Bonchev–Trinajstić information content (AvgIpc) is 3.26. The summed E-state index contributed by atoms with van der Waals surface area (Å²) in [5, 5.41) is 6.94. The topological polar surface area (TPSA) is 94.9 Å². The van der Waals surface area contributed by atoms with Crippen molar-refractivity contribution in [2.75, 3.05) is 32.1 Å². The number of aromatic nitrogens is 2. The highest BCUT2D eigenvalue weighted by Gasteiger charge is 2.28. The van der Waals surface area contributed by atoms with Crippen molar-refractivity contribution in [2.45, 2.75) is 26.5 Å². The number of anilines is 1. The van der Waals surface area contributed by atoms with Gasteiger partial charge in [0.1, 0.15) is 25.5 Å². The van der Waals surface area contributed by atoms with E-state index >= 15 is 0 Å². The van der Waals surface area contributed by atoms with E-state index in [1.54, 1.807) is 18.1 Å². The first-order chi connectivity index (χ1) is 16.4. The molecule has 2 heterocycles. The second-order valence-corrected chi connectivity index (χ2v) is 8.21. The predicted octanol–water partition coefficient (Wildman–Crippen LogP) is 2.82. The van der Waals surface area contributed by atoms with Gasteiger partial charge in [-0.15, -0.1) is 0 Å². The minimum atomic E-state index is -0.779. The van der Waals surface area contributed by atoms with Gasteiger partial charge in [-0.3, -0.25) is 14.3 Å². The summed E-state index contributed by atoms with van der Waals surface area (Å²) < 4.78 is 18.7. The van der Waals surface area contributed by atoms with Crippen LogP contribution in [0.1, 0.15) is 11.1 Å². The van der Waals surface area contributed by atoms with Crippen LogP contribution in [0, 0.1) is 13.8 Å². The molecule has 0 radical (unpaired) electrons. The number of nitrogens with one attached hydrogen (secondary N) is 1. The molecule has 1 aliphatic heterocycles. The average molecular weight is 465 g/mol. The zero-order chi connectivity index (χ0) is 24.1. The molecular formula is C25H28N4O5. The Balaban J connectivity index is 1.24. The summed E-state index contributed by atoms with van der Waals surface area (Å²) >= 11 is 0. The Morgan fingerprint density at radius 3 is 2.79 bits per heavy atom. The molecule has 1 atom stereocenters. The maximum Gasteiger partial charge on any atom is 0.269 e. The van der Waals surface area contributed by atoms with Gasteiger partial charge >= 0.3 is 0 Å². The van der Waals surface area contributed by atoms with Gasteiger partial charge in [-0.2, -0.15) is 5.10 Å². The number of hydrogen-bond donors (Lipinski definition) is 1. The van der Waals surface area contributed by atoms with E-state index in [-0.39, 0.29) is 25.0 Å². The van der Waals surface area contributed by atoms with Crippen molar-refractivity contribution >= 4 is 17.5 Å². The molecule has 0 bridgehead atoms. The smallest absolute Gasteiger partial charge is 0.269 e. The van der Waals surface area contributed by atoms with Gasteiger partial charge in [0.05, 0.1) is 18.4 Å². The highest BCUT2D eigenvalue weighted by atomic mass is 16.6. The standard InChI is InChI=1S/C25H28N4O5/c1-17-7-9-20(10-8-17)32-12-11-28(3)23(30)15-29-14-19(13-26-29)27-25(31)22-16-33-21-6-4-5-18(2)24(21)34-22/h4-10,13-14,22H,11-12,15-16H2,1-3H3,(H,27,31). The molecule has 1 aromatic heterocycles. The molecule has 0 aliphatic carbocycles. The summed E-state index contributed by atoms with van der Waals surface area (Å²) in [4.78, 5) is 26.7. The highest BCUT2D eigenvalue weighted by Crippen LogP contribution is 2.34. The molecule has 34 heavy (non-hydrogen) atoms. The van der Waals surface area contributed by atoms with Crippen molar-refractivity contribution in [1.82, 2.24) is 14.7 Å². The molecule has 4 rings (SSSR count). The molecule has 178 valence electrons. The fraction of sp³-hybridized carbons (Fsp3) is 0.320. The van der Waals surface area contributed by atoms with Gasteiger partial charge in [0.25, 0.3) is 5.91 Å². The van der Waals surface area contributed by atoms with Crippen molar-refractivity contribution in [3.63, 3.8) is 0 Å². The SMILES string of the molecule is Cc1ccc(OCCN(C)C(=O)Cn2cc(NC(=O)C3COc4cccc(C)c4O3)cn2)cc1. The lowest BCUT2D eigenvalue weighted by atomic mass is 10.2. The fourth-order valence-corrected chi connectivity index (χ4v) is 3.42. The third-order valence-electron chi connectivity index (χ3n) is 5.46. The van der Waals surface area contributed by atoms with Gasteiger partial charge in [-0.1, -0.05) is 29.8 Å². The molecule has 1 aliphatic rings. The summed E-state index contributed by atoms with van der Waals surface area (Å²) in [5.74, 6) is 1.51. The van der Waals surface area contributed by atoms with Crippen LogP contribution in [0.5, 0.6) is 17.2 Å². The number of nitrogens with zero attached hydrogens (tertiary/aromatic N) is 3. The predicted molar refractivity (Wildman–Crippen MR) is 126 cm³/mol. The Morgan fingerprint density at radius 1 is 1.21 bits per heavy atom. The Labute approximate surface area is 198 Å². The third kappa shape index (κ3) is 5.67. The molecule has 9 heteroatoms.